The molecule has 0 aliphatic carbocycles. The molecule has 2 amide bonds. The van der Waals surface area contributed by atoms with E-state index in [0.717, 1.165) is 26.5 Å². The number of nitrogens with zero attached hydrogens (tertiary/aromatic N) is 3. The Morgan fingerprint density at radius 2 is 1.79 bits per heavy atom. The lowest BCUT2D eigenvalue weighted by molar-refractivity contribution is -0.153. The molecule has 1 saturated heterocycles. The summed E-state index contributed by atoms with van der Waals surface area (Å²) in [7, 11) is -2.73. The maximum atomic E-state index is 13.8. The standard InChI is InChI=1S/C28H34N4O6S/c1-19(2)26(33)31-17-28(18-31,27(29)34)32(13-14-37-4)39(35,36)23-11-9-22(10-12-23)38-16-21-15-20(3)30-25-8-6-5-7-24(21)25/h5-12,15,19H,13-14,16-18H2,1-4H3,(H2,29,34). The van der Waals surface area contributed by atoms with Crippen molar-refractivity contribution in [2.75, 3.05) is 33.4 Å². The zero-order valence-corrected chi connectivity index (χ0v) is 23.4. The van der Waals surface area contributed by atoms with Crippen LogP contribution in [0.1, 0.15) is 25.1 Å². The summed E-state index contributed by atoms with van der Waals surface area (Å²) in [6.45, 7) is 5.42. The number of hydrogen-bond donors (Lipinski definition) is 1. The molecule has 0 unspecified atom stereocenters. The predicted molar refractivity (Wildman–Crippen MR) is 146 cm³/mol. The highest BCUT2D eigenvalue weighted by Crippen LogP contribution is 2.34. The molecule has 4 rings (SSSR count). The van der Waals surface area contributed by atoms with Crippen molar-refractivity contribution >= 4 is 32.7 Å². The van der Waals surface area contributed by atoms with E-state index in [1.165, 1.54) is 24.1 Å². The van der Waals surface area contributed by atoms with Crippen molar-refractivity contribution in [3.8, 4) is 5.75 Å². The summed E-state index contributed by atoms with van der Waals surface area (Å²) in [4.78, 5) is 31.0. The summed E-state index contributed by atoms with van der Waals surface area (Å²) in [6, 6.07) is 15.8. The van der Waals surface area contributed by atoms with Crippen LogP contribution in [0, 0.1) is 12.8 Å². The van der Waals surface area contributed by atoms with Gasteiger partial charge in [0.05, 0.1) is 30.1 Å². The lowest BCUT2D eigenvalue weighted by Crippen LogP contribution is -2.77. The zero-order valence-electron chi connectivity index (χ0n) is 22.6. The second kappa shape index (κ2) is 11.3. The molecule has 0 radical (unpaired) electrons. The van der Waals surface area contributed by atoms with Gasteiger partial charge in [-0.1, -0.05) is 32.0 Å². The second-order valence-electron chi connectivity index (χ2n) is 10.0. The molecule has 2 aromatic carbocycles. The Balaban J connectivity index is 1.56. The summed E-state index contributed by atoms with van der Waals surface area (Å²) in [6.07, 6.45) is 0. The monoisotopic (exact) mass is 554 g/mol. The van der Waals surface area contributed by atoms with Crippen LogP contribution >= 0.6 is 0 Å². The topological polar surface area (TPSA) is 132 Å². The molecule has 1 fully saturated rings. The fourth-order valence-electron chi connectivity index (χ4n) is 4.79. The third kappa shape index (κ3) is 5.61. The van der Waals surface area contributed by atoms with Crippen LogP contribution in [0.25, 0.3) is 10.9 Å². The first kappa shape index (κ1) is 28.5. The number of methoxy groups -OCH3 is 1. The molecule has 2 heterocycles. The van der Waals surface area contributed by atoms with E-state index >= 15 is 0 Å². The molecule has 1 aromatic heterocycles. The normalized spacial score (nSPS) is 15.0. The number of para-hydroxylation sites is 1. The molecule has 208 valence electrons. The first-order chi connectivity index (χ1) is 18.5. The van der Waals surface area contributed by atoms with Crippen LogP contribution in [-0.4, -0.2) is 73.3 Å². The van der Waals surface area contributed by atoms with E-state index in [-0.39, 0.29) is 49.6 Å². The van der Waals surface area contributed by atoms with Gasteiger partial charge >= 0.3 is 0 Å². The number of benzene rings is 2. The van der Waals surface area contributed by atoms with Crippen LogP contribution in [0.3, 0.4) is 0 Å². The van der Waals surface area contributed by atoms with Gasteiger partial charge in [-0.2, -0.15) is 4.31 Å². The van der Waals surface area contributed by atoms with Gasteiger partial charge in [0, 0.05) is 36.2 Å². The third-order valence-electron chi connectivity index (χ3n) is 6.88. The molecule has 3 aromatic rings. The quantitative estimate of drug-likeness (QED) is 0.385. The third-order valence-corrected chi connectivity index (χ3v) is 8.86. The first-order valence-corrected chi connectivity index (χ1v) is 14.1. The van der Waals surface area contributed by atoms with Crippen molar-refractivity contribution < 1.29 is 27.5 Å². The van der Waals surface area contributed by atoms with Crippen molar-refractivity contribution in [3.05, 3.63) is 65.9 Å². The van der Waals surface area contributed by atoms with Gasteiger partial charge in [0.1, 0.15) is 17.9 Å². The highest BCUT2D eigenvalue weighted by Gasteiger charge is 2.58. The SMILES string of the molecule is COCCN(C1(C(N)=O)CN(C(=O)C(C)C)C1)S(=O)(=O)c1ccc(OCc2cc(C)nc3ccccc23)cc1. The van der Waals surface area contributed by atoms with Crippen LogP contribution in [0.15, 0.2) is 59.5 Å². The number of carbonyl (C=O) groups excluding carboxylic acids is 2. The highest BCUT2D eigenvalue weighted by atomic mass is 32.2. The highest BCUT2D eigenvalue weighted by molar-refractivity contribution is 7.89. The van der Waals surface area contributed by atoms with E-state index in [9.17, 15) is 18.0 Å². The van der Waals surface area contributed by atoms with Crippen LogP contribution in [0.2, 0.25) is 0 Å². The molecule has 1 aliphatic rings. The molecule has 39 heavy (non-hydrogen) atoms. The summed E-state index contributed by atoms with van der Waals surface area (Å²) >= 11 is 0. The molecular formula is C28H34N4O6S. The van der Waals surface area contributed by atoms with E-state index in [1.54, 1.807) is 26.0 Å². The average molecular weight is 555 g/mol. The number of nitrogens with two attached hydrogens (primary N) is 1. The largest absolute Gasteiger partial charge is 0.489 e. The van der Waals surface area contributed by atoms with Crippen LogP contribution in [0.5, 0.6) is 5.75 Å². The minimum absolute atomic E-state index is 0.0228. The summed E-state index contributed by atoms with van der Waals surface area (Å²) in [5, 5.41) is 0.985. The zero-order chi connectivity index (χ0) is 28.4. The summed E-state index contributed by atoms with van der Waals surface area (Å²) in [5.74, 6) is -0.788. The number of rotatable bonds is 11. The maximum Gasteiger partial charge on any atom is 0.244 e. The average Bonchev–Trinajstić information content (AvgIpc) is 2.87. The molecule has 11 heteroatoms. The van der Waals surface area contributed by atoms with Gasteiger partial charge in [0.25, 0.3) is 0 Å². The molecule has 10 nitrogen and oxygen atoms in total. The van der Waals surface area contributed by atoms with Gasteiger partial charge in [-0.05, 0) is 43.3 Å². The fourth-order valence-corrected chi connectivity index (χ4v) is 6.51. The molecule has 0 saturated carbocycles. The van der Waals surface area contributed by atoms with Gasteiger partial charge in [-0.3, -0.25) is 14.6 Å². The minimum atomic E-state index is -4.17. The number of hydrogen-bond acceptors (Lipinski definition) is 7. The van der Waals surface area contributed by atoms with Crippen LogP contribution in [-0.2, 0) is 31.0 Å². The fraction of sp³-hybridized carbons (Fsp3) is 0.393. The number of fused-ring (bicyclic) bond motifs is 1. The number of aromatic nitrogens is 1. The molecule has 0 bridgehead atoms. The number of pyridine rings is 1. The van der Waals surface area contributed by atoms with Gasteiger partial charge in [0.2, 0.25) is 21.8 Å². The number of primary amides is 1. The van der Waals surface area contributed by atoms with E-state index in [4.69, 9.17) is 15.2 Å². The van der Waals surface area contributed by atoms with Gasteiger partial charge < -0.3 is 20.1 Å². The van der Waals surface area contributed by atoms with Gasteiger partial charge in [-0.25, -0.2) is 8.42 Å². The lowest BCUT2D eigenvalue weighted by atomic mass is 9.87. The summed E-state index contributed by atoms with van der Waals surface area (Å²) < 4.78 is 39.7. The van der Waals surface area contributed by atoms with Gasteiger partial charge in [-0.15, -0.1) is 0 Å². The molecule has 0 spiro atoms. The molecule has 1 aliphatic heterocycles. The summed E-state index contributed by atoms with van der Waals surface area (Å²) in [5.41, 5.74) is 6.90. The lowest BCUT2D eigenvalue weighted by Gasteiger charge is -2.53. The van der Waals surface area contributed by atoms with E-state index < -0.39 is 21.5 Å². The smallest absolute Gasteiger partial charge is 0.244 e. The number of aryl methyl sites for hydroxylation is 1. The second-order valence-corrected chi connectivity index (χ2v) is 11.9. The minimum Gasteiger partial charge on any atom is -0.489 e. The molecule has 2 N–H and O–H groups in total. The Morgan fingerprint density at radius 1 is 1.13 bits per heavy atom. The van der Waals surface area contributed by atoms with E-state index in [1.807, 2.05) is 37.3 Å². The Hall–Kier alpha value is -3.54. The number of sulfonamides is 1. The van der Waals surface area contributed by atoms with Crippen LogP contribution in [0.4, 0.5) is 0 Å². The number of likely N-dealkylation sites (tertiary alicyclic amines) is 1. The molecular weight excluding hydrogens is 520 g/mol. The van der Waals surface area contributed by atoms with Crippen molar-refractivity contribution in [1.29, 1.82) is 0 Å². The first-order valence-electron chi connectivity index (χ1n) is 12.7. The number of carbonyl (C=O) groups is 2. The van der Waals surface area contributed by atoms with Crippen molar-refractivity contribution in [3.63, 3.8) is 0 Å². The maximum absolute atomic E-state index is 13.8. The molecule has 0 atom stereocenters. The number of ether oxygens (including phenoxy) is 2. The van der Waals surface area contributed by atoms with Gasteiger partial charge in [0.15, 0.2) is 0 Å². The Bertz CT molecular complexity index is 1470. The van der Waals surface area contributed by atoms with E-state index in [2.05, 4.69) is 4.98 Å². The Morgan fingerprint density at radius 3 is 2.41 bits per heavy atom. The van der Waals surface area contributed by atoms with Crippen molar-refractivity contribution in [2.24, 2.45) is 11.7 Å². The van der Waals surface area contributed by atoms with Crippen molar-refractivity contribution in [1.82, 2.24) is 14.2 Å². The van der Waals surface area contributed by atoms with Crippen LogP contribution < -0.4 is 10.5 Å². The predicted octanol–water partition coefficient (Wildman–Crippen LogP) is 2.48. The van der Waals surface area contributed by atoms with E-state index in [0.29, 0.717) is 5.75 Å². The van der Waals surface area contributed by atoms with Crippen molar-refractivity contribution in [2.45, 2.75) is 37.8 Å². The Kier molecular flexibility index (Phi) is 8.24. The Labute approximate surface area is 228 Å². The number of amides is 2.